The first-order valence-electron chi connectivity index (χ1n) is 10.7. The molecule has 0 aliphatic carbocycles. The van der Waals surface area contributed by atoms with Gasteiger partial charge in [0.05, 0.1) is 28.4 Å². The number of carbonyl (C=O) groups excluding carboxylic acids is 1. The van der Waals surface area contributed by atoms with Crippen molar-refractivity contribution in [1.29, 1.82) is 0 Å². The monoisotopic (exact) mass is 440 g/mol. The molecule has 2 aromatic rings. The molecule has 1 heterocycles. The molecule has 0 radical (unpaired) electrons. The number of hydrogen-bond acceptors (Lipinski definition) is 6. The molecule has 1 aliphatic rings. The third-order valence-electron chi connectivity index (χ3n) is 5.64. The Kier molecular flexibility index (Phi) is 8.00. The van der Waals surface area contributed by atoms with E-state index in [9.17, 15) is 4.79 Å². The zero-order chi connectivity index (χ0) is 23.1. The molecule has 1 amide bonds. The number of ether oxygens (including phenoxy) is 4. The fourth-order valence-electron chi connectivity index (χ4n) is 3.96. The van der Waals surface area contributed by atoms with E-state index in [1.165, 1.54) is 0 Å². The van der Waals surface area contributed by atoms with Crippen LogP contribution in [0.2, 0.25) is 0 Å². The van der Waals surface area contributed by atoms with Gasteiger partial charge in [0.2, 0.25) is 0 Å². The van der Waals surface area contributed by atoms with Crippen LogP contribution in [-0.4, -0.2) is 70.3 Å². The number of carbonyl (C=O) groups is 1. The Balaban J connectivity index is 1.70. The van der Waals surface area contributed by atoms with Gasteiger partial charge in [-0.15, -0.1) is 0 Å². The van der Waals surface area contributed by atoms with Crippen LogP contribution in [0.4, 0.5) is 0 Å². The first-order valence-corrected chi connectivity index (χ1v) is 10.7. The Morgan fingerprint density at radius 2 is 1.62 bits per heavy atom. The van der Waals surface area contributed by atoms with Crippen LogP contribution in [-0.2, 0) is 6.54 Å². The van der Waals surface area contributed by atoms with E-state index in [-0.39, 0.29) is 5.91 Å². The van der Waals surface area contributed by atoms with Gasteiger partial charge in [-0.1, -0.05) is 12.2 Å². The number of benzene rings is 2. The van der Waals surface area contributed by atoms with Crippen molar-refractivity contribution < 1.29 is 23.7 Å². The second-order valence-corrected chi connectivity index (χ2v) is 7.55. The molecule has 0 bridgehead atoms. The van der Waals surface area contributed by atoms with E-state index in [1.807, 2.05) is 48.2 Å². The highest BCUT2D eigenvalue weighted by molar-refractivity contribution is 5.96. The molecular formula is C25H32N2O5. The molecule has 172 valence electrons. The van der Waals surface area contributed by atoms with Gasteiger partial charge in [-0.3, -0.25) is 9.69 Å². The van der Waals surface area contributed by atoms with E-state index in [0.717, 1.165) is 42.3 Å². The third kappa shape index (κ3) is 5.16. The van der Waals surface area contributed by atoms with E-state index in [1.54, 1.807) is 34.5 Å². The fourth-order valence-corrected chi connectivity index (χ4v) is 3.96. The van der Waals surface area contributed by atoms with Gasteiger partial charge in [0.25, 0.3) is 5.91 Å². The van der Waals surface area contributed by atoms with Crippen LogP contribution < -0.4 is 18.9 Å². The SMILES string of the molecule is CC=Cc1cc(C(=O)N2CCN(Cc3cc(OC)ccc3OC)CC2)cc(OC)c1OC. The van der Waals surface area contributed by atoms with Gasteiger partial charge >= 0.3 is 0 Å². The Hall–Kier alpha value is -3.19. The molecule has 0 saturated carbocycles. The van der Waals surface area contributed by atoms with Crippen molar-refractivity contribution in [3.05, 3.63) is 53.1 Å². The molecular weight excluding hydrogens is 408 g/mol. The smallest absolute Gasteiger partial charge is 0.254 e. The summed E-state index contributed by atoms with van der Waals surface area (Å²) in [7, 11) is 6.51. The highest BCUT2D eigenvalue weighted by Crippen LogP contribution is 2.34. The zero-order valence-electron chi connectivity index (χ0n) is 19.5. The average molecular weight is 441 g/mol. The third-order valence-corrected chi connectivity index (χ3v) is 5.64. The van der Waals surface area contributed by atoms with Crippen molar-refractivity contribution >= 4 is 12.0 Å². The maximum atomic E-state index is 13.2. The summed E-state index contributed by atoms with van der Waals surface area (Å²) in [6.07, 6.45) is 3.83. The quantitative estimate of drug-likeness (QED) is 0.624. The lowest BCUT2D eigenvalue weighted by atomic mass is 10.1. The Morgan fingerprint density at radius 1 is 0.906 bits per heavy atom. The number of rotatable bonds is 8. The minimum Gasteiger partial charge on any atom is -0.497 e. The Bertz CT molecular complexity index is 965. The molecule has 0 N–H and O–H groups in total. The van der Waals surface area contributed by atoms with Crippen LogP contribution in [0, 0.1) is 0 Å². The lowest BCUT2D eigenvalue weighted by Gasteiger charge is -2.35. The van der Waals surface area contributed by atoms with Crippen molar-refractivity contribution in [2.24, 2.45) is 0 Å². The highest BCUT2D eigenvalue weighted by atomic mass is 16.5. The molecule has 1 saturated heterocycles. The summed E-state index contributed by atoms with van der Waals surface area (Å²) in [6, 6.07) is 9.43. The van der Waals surface area contributed by atoms with Gasteiger partial charge in [0.15, 0.2) is 11.5 Å². The number of amides is 1. The second-order valence-electron chi connectivity index (χ2n) is 7.55. The summed E-state index contributed by atoms with van der Waals surface area (Å²) in [5, 5.41) is 0. The molecule has 7 heteroatoms. The van der Waals surface area contributed by atoms with Crippen LogP contribution in [0.25, 0.3) is 6.08 Å². The molecule has 1 fully saturated rings. The van der Waals surface area contributed by atoms with Crippen molar-refractivity contribution in [1.82, 2.24) is 9.80 Å². The molecule has 0 atom stereocenters. The topological polar surface area (TPSA) is 60.5 Å². The molecule has 7 nitrogen and oxygen atoms in total. The van der Waals surface area contributed by atoms with E-state index in [4.69, 9.17) is 18.9 Å². The Morgan fingerprint density at radius 3 is 2.22 bits per heavy atom. The summed E-state index contributed by atoms with van der Waals surface area (Å²) < 4.78 is 21.8. The van der Waals surface area contributed by atoms with Gasteiger partial charge in [-0.25, -0.2) is 0 Å². The molecule has 3 rings (SSSR count). The van der Waals surface area contributed by atoms with Crippen LogP contribution in [0.15, 0.2) is 36.4 Å². The summed E-state index contributed by atoms with van der Waals surface area (Å²) in [4.78, 5) is 17.4. The Labute approximate surface area is 190 Å². The molecule has 2 aromatic carbocycles. The van der Waals surface area contributed by atoms with Gasteiger partial charge in [0, 0.05) is 49.4 Å². The van der Waals surface area contributed by atoms with E-state index in [2.05, 4.69) is 4.90 Å². The lowest BCUT2D eigenvalue weighted by Crippen LogP contribution is -2.48. The maximum Gasteiger partial charge on any atom is 0.254 e. The van der Waals surface area contributed by atoms with Crippen LogP contribution in [0.1, 0.15) is 28.4 Å². The molecule has 1 aliphatic heterocycles. The number of hydrogen-bond donors (Lipinski definition) is 0. The van der Waals surface area contributed by atoms with Crippen LogP contribution in [0.5, 0.6) is 23.0 Å². The first kappa shape index (κ1) is 23.5. The van der Waals surface area contributed by atoms with Crippen LogP contribution >= 0.6 is 0 Å². The van der Waals surface area contributed by atoms with Gasteiger partial charge < -0.3 is 23.8 Å². The molecule has 32 heavy (non-hydrogen) atoms. The number of allylic oxidation sites excluding steroid dienone is 1. The second kappa shape index (κ2) is 10.9. The number of piperazine rings is 1. The summed E-state index contributed by atoms with van der Waals surface area (Å²) >= 11 is 0. The summed E-state index contributed by atoms with van der Waals surface area (Å²) in [5.41, 5.74) is 2.49. The predicted octanol–water partition coefficient (Wildman–Crippen LogP) is 3.71. The normalized spacial score (nSPS) is 14.5. The van der Waals surface area contributed by atoms with Crippen LogP contribution in [0.3, 0.4) is 0 Å². The number of methoxy groups -OCH3 is 4. The zero-order valence-corrected chi connectivity index (χ0v) is 19.5. The van der Waals surface area contributed by atoms with Crippen molar-refractivity contribution in [2.45, 2.75) is 13.5 Å². The van der Waals surface area contributed by atoms with E-state index in [0.29, 0.717) is 30.2 Å². The average Bonchev–Trinajstić information content (AvgIpc) is 2.83. The molecule has 0 aromatic heterocycles. The summed E-state index contributed by atoms with van der Waals surface area (Å²) in [5.74, 6) is 2.82. The molecule has 0 spiro atoms. The standard InChI is InChI=1S/C25H32N2O5/c1-6-7-18-14-19(16-23(31-4)24(18)32-5)25(28)27-12-10-26(11-13-27)17-20-15-21(29-2)8-9-22(20)30-3/h6-9,14-16H,10-13,17H2,1-5H3. The maximum absolute atomic E-state index is 13.2. The van der Waals surface area contributed by atoms with E-state index >= 15 is 0 Å². The lowest BCUT2D eigenvalue weighted by molar-refractivity contribution is 0.0627. The van der Waals surface area contributed by atoms with Gasteiger partial charge in [-0.2, -0.15) is 0 Å². The molecule has 0 unspecified atom stereocenters. The number of nitrogens with zero attached hydrogens (tertiary/aromatic N) is 2. The minimum absolute atomic E-state index is 0.00434. The minimum atomic E-state index is -0.00434. The highest BCUT2D eigenvalue weighted by Gasteiger charge is 2.24. The van der Waals surface area contributed by atoms with Crippen molar-refractivity contribution in [2.75, 3.05) is 54.6 Å². The van der Waals surface area contributed by atoms with Gasteiger partial charge in [0.1, 0.15) is 11.5 Å². The predicted molar refractivity (Wildman–Crippen MR) is 125 cm³/mol. The first-order chi connectivity index (χ1) is 15.5. The van der Waals surface area contributed by atoms with Gasteiger partial charge in [-0.05, 0) is 37.3 Å². The largest absolute Gasteiger partial charge is 0.497 e. The van der Waals surface area contributed by atoms with Crippen molar-refractivity contribution in [3.8, 4) is 23.0 Å². The van der Waals surface area contributed by atoms with Crippen molar-refractivity contribution in [3.63, 3.8) is 0 Å². The van der Waals surface area contributed by atoms with E-state index < -0.39 is 0 Å². The fraction of sp³-hybridized carbons (Fsp3) is 0.400. The summed E-state index contributed by atoms with van der Waals surface area (Å²) in [6.45, 7) is 5.53.